The molecular weight excluding hydrogens is 352 g/mol. The lowest BCUT2D eigenvalue weighted by Gasteiger charge is -2.47. The summed E-state index contributed by atoms with van der Waals surface area (Å²) in [5, 5.41) is 0. The number of nitrogens with zero attached hydrogens (tertiary/aromatic N) is 3. The van der Waals surface area contributed by atoms with E-state index in [1.165, 1.54) is 0 Å². The van der Waals surface area contributed by atoms with Crippen LogP contribution < -0.4 is 0 Å². The van der Waals surface area contributed by atoms with Crippen molar-refractivity contribution in [3.05, 3.63) is 54.9 Å². The van der Waals surface area contributed by atoms with Crippen LogP contribution in [0.15, 0.2) is 49.3 Å². The molecule has 1 N–H and O–H groups in total. The Morgan fingerprint density at radius 1 is 1.25 bits per heavy atom. The maximum atomic E-state index is 13.2. The number of piperidine rings is 2. The van der Waals surface area contributed by atoms with Crippen LogP contribution in [-0.4, -0.2) is 57.8 Å². The Morgan fingerprint density at radius 2 is 2.04 bits per heavy atom. The van der Waals surface area contributed by atoms with Gasteiger partial charge < -0.3 is 14.8 Å². The van der Waals surface area contributed by atoms with E-state index in [4.69, 9.17) is 0 Å². The summed E-state index contributed by atoms with van der Waals surface area (Å²) < 4.78 is 0. The fourth-order valence-corrected chi connectivity index (χ4v) is 4.48. The first kappa shape index (κ1) is 18.5. The van der Waals surface area contributed by atoms with Crippen LogP contribution in [0.4, 0.5) is 0 Å². The largest absolute Gasteiger partial charge is 0.345 e. The molecule has 0 saturated carbocycles. The molecule has 3 heterocycles. The number of rotatable bonds is 4. The fourth-order valence-electron chi connectivity index (χ4n) is 4.48. The van der Waals surface area contributed by atoms with E-state index in [0.717, 1.165) is 44.5 Å². The Bertz CT molecular complexity index is 866. The van der Waals surface area contributed by atoms with Gasteiger partial charge in [-0.15, -0.1) is 6.58 Å². The lowest BCUT2D eigenvalue weighted by atomic mass is 9.72. The molecule has 0 atom stereocenters. The number of imidazole rings is 1. The number of nitrogens with one attached hydrogen (secondary N) is 1. The molecule has 6 nitrogen and oxygen atoms in total. The average Bonchev–Trinajstić information content (AvgIpc) is 3.26. The van der Waals surface area contributed by atoms with Crippen LogP contribution in [0.25, 0.3) is 11.4 Å². The van der Waals surface area contributed by atoms with Crippen molar-refractivity contribution >= 4 is 11.8 Å². The van der Waals surface area contributed by atoms with E-state index in [0.29, 0.717) is 24.4 Å². The van der Waals surface area contributed by atoms with Gasteiger partial charge in [-0.05, 0) is 30.7 Å². The number of carbonyl (C=O) groups is 2. The maximum Gasteiger partial charge on any atom is 0.254 e. The summed E-state index contributed by atoms with van der Waals surface area (Å²) in [5.74, 6) is 0.983. The van der Waals surface area contributed by atoms with Crippen LogP contribution in [0, 0.1) is 5.41 Å². The van der Waals surface area contributed by atoms with Crippen molar-refractivity contribution in [3.63, 3.8) is 0 Å². The second-order valence-corrected chi connectivity index (χ2v) is 7.84. The van der Waals surface area contributed by atoms with Crippen LogP contribution in [0.2, 0.25) is 0 Å². The van der Waals surface area contributed by atoms with Gasteiger partial charge in [0.05, 0.1) is 5.56 Å². The molecule has 0 aliphatic carbocycles. The zero-order valence-electron chi connectivity index (χ0n) is 16.1. The van der Waals surface area contributed by atoms with E-state index in [-0.39, 0.29) is 17.2 Å². The van der Waals surface area contributed by atoms with Crippen LogP contribution in [0.5, 0.6) is 0 Å². The van der Waals surface area contributed by atoms with Gasteiger partial charge in [-0.1, -0.05) is 24.3 Å². The van der Waals surface area contributed by atoms with Crippen LogP contribution in [-0.2, 0) is 4.79 Å². The third-order valence-corrected chi connectivity index (χ3v) is 6.12. The normalized spacial score (nSPS) is 19.1. The van der Waals surface area contributed by atoms with Gasteiger partial charge in [0.15, 0.2) is 0 Å². The Hall–Kier alpha value is -2.89. The zero-order valence-corrected chi connectivity index (χ0v) is 16.1. The summed E-state index contributed by atoms with van der Waals surface area (Å²) in [7, 11) is 0. The van der Waals surface area contributed by atoms with Crippen molar-refractivity contribution in [3.8, 4) is 11.4 Å². The van der Waals surface area contributed by atoms with Gasteiger partial charge >= 0.3 is 0 Å². The molecule has 0 radical (unpaired) electrons. The van der Waals surface area contributed by atoms with Gasteiger partial charge in [0.2, 0.25) is 5.91 Å². The van der Waals surface area contributed by atoms with Gasteiger partial charge in [-0.3, -0.25) is 9.59 Å². The van der Waals surface area contributed by atoms with Crippen molar-refractivity contribution in [1.82, 2.24) is 19.8 Å². The molecule has 4 rings (SSSR count). The number of likely N-dealkylation sites (tertiary alicyclic amines) is 2. The Balaban J connectivity index is 1.47. The van der Waals surface area contributed by atoms with Crippen molar-refractivity contribution in [2.24, 2.45) is 5.41 Å². The van der Waals surface area contributed by atoms with E-state index in [1.54, 1.807) is 18.5 Å². The summed E-state index contributed by atoms with van der Waals surface area (Å²) in [5.41, 5.74) is 1.65. The quantitative estimate of drug-likeness (QED) is 0.831. The molecule has 1 spiro atoms. The molecule has 1 aromatic carbocycles. The number of hydrogen-bond acceptors (Lipinski definition) is 3. The highest BCUT2D eigenvalue weighted by atomic mass is 16.2. The Kier molecular flexibility index (Phi) is 5.03. The molecule has 2 aromatic rings. The number of amides is 2. The number of H-pyrrole nitrogens is 1. The highest BCUT2D eigenvalue weighted by Gasteiger charge is 2.41. The summed E-state index contributed by atoms with van der Waals surface area (Å²) >= 11 is 0. The third-order valence-electron chi connectivity index (χ3n) is 6.12. The molecule has 28 heavy (non-hydrogen) atoms. The average molecular weight is 378 g/mol. The van der Waals surface area contributed by atoms with Crippen LogP contribution >= 0.6 is 0 Å². The maximum absolute atomic E-state index is 13.2. The summed E-state index contributed by atoms with van der Waals surface area (Å²) in [6, 6.07) is 7.62. The lowest BCUT2D eigenvalue weighted by molar-refractivity contribution is -0.138. The van der Waals surface area contributed by atoms with Gasteiger partial charge in [-0.25, -0.2) is 4.98 Å². The standard InChI is InChI=1S/C22H26N4O2/c1-2-13-26-16-22(8-7-19(26)27)9-14-25(15-10-22)21(28)18-6-4-3-5-17(18)20-23-11-12-24-20/h2-6,11-12H,1,7-10,13-16H2,(H,23,24). The van der Waals surface area contributed by atoms with E-state index < -0.39 is 0 Å². The molecular formula is C22H26N4O2. The SMILES string of the molecule is C=CCN1CC2(CCC1=O)CCN(C(=O)c1ccccc1-c1ncc[nH]1)CC2. The van der Waals surface area contributed by atoms with Crippen molar-refractivity contribution in [1.29, 1.82) is 0 Å². The summed E-state index contributed by atoms with van der Waals surface area (Å²) in [6.07, 6.45) is 8.64. The third kappa shape index (κ3) is 3.46. The van der Waals surface area contributed by atoms with Crippen molar-refractivity contribution < 1.29 is 9.59 Å². The number of aromatic nitrogens is 2. The Morgan fingerprint density at radius 3 is 2.75 bits per heavy atom. The molecule has 2 aliphatic rings. The molecule has 6 heteroatoms. The van der Waals surface area contributed by atoms with Crippen LogP contribution in [0.3, 0.4) is 0 Å². The topological polar surface area (TPSA) is 69.3 Å². The molecule has 2 amide bonds. The summed E-state index contributed by atoms with van der Waals surface area (Å²) in [6.45, 7) is 6.61. The first-order valence-corrected chi connectivity index (χ1v) is 9.89. The van der Waals surface area contributed by atoms with E-state index in [9.17, 15) is 9.59 Å². The minimum atomic E-state index is 0.0525. The van der Waals surface area contributed by atoms with Crippen molar-refractivity contribution in [2.45, 2.75) is 25.7 Å². The molecule has 146 valence electrons. The number of aromatic amines is 1. The predicted molar refractivity (Wildman–Crippen MR) is 108 cm³/mol. The van der Waals surface area contributed by atoms with Gasteiger partial charge in [0.25, 0.3) is 5.91 Å². The second-order valence-electron chi connectivity index (χ2n) is 7.84. The van der Waals surface area contributed by atoms with Gasteiger partial charge in [0, 0.05) is 50.6 Å². The summed E-state index contributed by atoms with van der Waals surface area (Å²) in [4.78, 5) is 36.6. The Labute approximate surface area is 165 Å². The van der Waals surface area contributed by atoms with E-state index in [2.05, 4.69) is 16.5 Å². The van der Waals surface area contributed by atoms with E-state index in [1.807, 2.05) is 34.1 Å². The fraction of sp³-hybridized carbons (Fsp3) is 0.409. The first-order chi connectivity index (χ1) is 13.6. The molecule has 2 fully saturated rings. The number of carbonyl (C=O) groups excluding carboxylic acids is 2. The number of benzene rings is 1. The van der Waals surface area contributed by atoms with Gasteiger partial charge in [-0.2, -0.15) is 0 Å². The minimum Gasteiger partial charge on any atom is -0.345 e. The molecule has 2 saturated heterocycles. The van der Waals surface area contributed by atoms with E-state index >= 15 is 0 Å². The molecule has 0 unspecified atom stereocenters. The highest BCUT2D eigenvalue weighted by Crippen LogP contribution is 2.40. The first-order valence-electron chi connectivity index (χ1n) is 9.89. The number of hydrogen-bond donors (Lipinski definition) is 1. The monoisotopic (exact) mass is 378 g/mol. The lowest BCUT2D eigenvalue weighted by Crippen LogP contribution is -2.52. The predicted octanol–water partition coefficient (Wildman–Crippen LogP) is 3.11. The smallest absolute Gasteiger partial charge is 0.254 e. The zero-order chi connectivity index (χ0) is 19.6. The molecule has 2 aliphatic heterocycles. The minimum absolute atomic E-state index is 0.0525. The van der Waals surface area contributed by atoms with Crippen LogP contribution in [0.1, 0.15) is 36.0 Å². The second kappa shape index (κ2) is 7.62. The molecule has 0 bridgehead atoms. The van der Waals surface area contributed by atoms with Gasteiger partial charge in [0.1, 0.15) is 5.82 Å². The molecule has 1 aromatic heterocycles. The highest BCUT2D eigenvalue weighted by molar-refractivity contribution is 6.00. The van der Waals surface area contributed by atoms with Crippen molar-refractivity contribution in [2.75, 3.05) is 26.2 Å².